The van der Waals surface area contributed by atoms with Gasteiger partial charge in [-0.05, 0) is 56.7 Å². The fourth-order valence-corrected chi connectivity index (χ4v) is 3.90. The molecule has 7 N–H and O–H groups in total. The molecule has 0 radical (unpaired) electrons. The Morgan fingerprint density at radius 3 is 2.38 bits per heavy atom. The molecule has 0 saturated heterocycles. The molecule has 0 aromatic heterocycles. The number of anilines is 1. The van der Waals surface area contributed by atoms with Crippen LogP contribution >= 0.6 is 0 Å². The third-order valence-electron chi connectivity index (χ3n) is 5.68. The van der Waals surface area contributed by atoms with E-state index in [-0.39, 0.29) is 11.6 Å². The van der Waals surface area contributed by atoms with Crippen LogP contribution in [0, 0.1) is 0 Å². The monoisotopic (exact) mass is 476 g/mol. The first-order valence-electron chi connectivity index (χ1n) is 10.9. The molecule has 34 heavy (non-hydrogen) atoms. The minimum Gasteiger partial charge on any atom is -0.369 e. The molecule has 1 aliphatic heterocycles. The predicted octanol–water partition coefficient (Wildman–Crippen LogP) is 3.12. The zero-order valence-electron chi connectivity index (χ0n) is 19.6. The third kappa shape index (κ3) is 5.52. The van der Waals surface area contributed by atoms with E-state index < -0.39 is 29.4 Å². The van der Waals surface area contributed by atoms with E-state index in [1.165, 1.54) is 12.1 Å². The number of benzene rings is 2. The van der Waals surface area contributed by atoms with Gasteiger partial charge in [0, 0.05) is 29.9 Å². The first kappa shape index (κ1) is 25.5. The highest BCUT2D eigenvalue weighted by atomic mass is 19.4. The van der Waals surface area contributed by atoms with E-state index in [1.807, 2.05) is 32.7 Å². The molecular weight excluding hydrogens is 445 g/mol. The van der Waals surface area contributed by atoms with Crippen LogP contribution in [-0.2, 0) is 11.7 Å². The number of nitrogens with two attached hydrogens (primary N) is 2. The van der Waals surface area contributed by atoms with Crippen molar-refractivity contribution < 1.29 is 18.0 Å². The molecule has 2 unspecified atom stereocenters. The fraction of sp³-hybridized carbons (Fsp3) is 0.375. The van der Waals surface area contributed by atoms with E-state index >= 15 is 0 Å². The Morgan fingerprint density at radius 1 is 1.15 bits per heavy atom. The summed E-state index contributed by atoms with van der Waals surface area (Å²) in [6, 6.07) is 11.3. The smallest absolute Gasteiger partial charge is 0.369 e. The number of nitrogens with zero attached hydrogens (tertiary/aromatic N) is 1. The summed E-state index contributed by atoms with van der Waals surface area (Å²) in [4.78, 5) is 14.5. The van der Waals surface area contributed by atoms with Crippen molar-refractivity contribution in [2.75, 3.05) is 19.0 Å². The summed E-state index contributed by atoms with van der Waals surface area (Å²) in [6.07, 6.45) is -4.99. The highest BCUT2D eigenvalue weighted by molar-refractivity contribution is 6.04. The van der Waals surface area contributed by atoms with E-state index in [1.54, 1.807) is 24.3 Å². The Kier molecular flexibility index (Phi) is 7.25. The Morgan fingerprint density at radius 2 is 1.79 bits per heavy atom. The standard InChI is InChI=1S/C24H31F3N6O/c1-14(2)31-21-19(20(28)30-13-33(21)4)23(3,29)16-8-10-18(11-9-16)32-22(34)15-6-5-7-17(12-15)24(25,26)27/h5-12,14,20,30-31H,13,28-29H2,1-4H3,(H,32,34). The number of alkyl halides is 3. The number of carbonyl (C=O) groups is 1. The Bertz CT molecular complexity index is 1060. The molecule has 7 nitrogen and oxygen atoms in total. The number of hydrogen-bond acceptors (Lipinski definition) is 6. The predicted molar refractivity (Wildman–Crippen MR) is 126 cm³/mol. The van der Waals surface area contributed by atoms with Crippen LogP contribution in [0.4, 0.5) is 18.9 Å². The minimum atomic E-state index is -4.52. The Hall–Kier alpha value is -3.08. The molecule has 1 amide bonds. The molecule has 2 aromatic rings. The largest absolute Gasteiger partial charge is 0.416 e. The van der Waals surface area contributed by atoms with Crippen molar-refractivity contribution in [2.24, 2.45) is 11.5 Å². The van der Waals surface area contributed by atoms with Gasteiger partial charge in [-0.3, -0.25) is 10.1 Å². The molecule has 1 aliphatic rings. The summed E-state index contributed by atoms with van der Waals surface area (Å²) in [6.45, 7) is 6.49. The van der Waals surface area contributed by atoms with Crippen LogP contribution in [0.5, 0.6) is 0 Å². The maximum atomic E-state index is 12.9. The second-order valence-electron chi connectivity index (χ2n) is 8.91. The lowest BCUT2D eigenvalue weighted by Crippen LogP contribution is -2.58. The van der Waals surface area contributed by atoms with Crippen molar-refractivity contribution in [3.63, 3.8) is 0 Å². The SMILES string of the molecule is CC(C)NC1=C(C(C)(N)c2ccc(NC(=O)c3cccc(C(F)(F)F)c3)cc2)C(N)NCN1C. The maximum Gasteiger partial charge on any atom is 0.416 e. The van der Waals surface area contributed by atoms with Crippen molar-refractivity contribution in [3.8, 4) is 0 Å². The van der Waals surface area contributed by atoms with Gasteiger partial charge in [-0.25, -0.2) is 0 Å². The van der Waals surface area contributed by atoms with Crippen LogP contribution in [0.25, 0.3) is 0 Å². The van der Waals surface area contributed by atoms with Gasteiger partial charge in [0.25, 0.3) is 5.91 Å². The van der Waals surface area contributed by atoms with Gasteiger partial charge in [0.2, 0.25) is 0 Å². The molecule has 1 heterocycles. The second-order valence-corrected chi connectivity index (χ2v) is 8.91. The van der Waals surface area contributed by atoms with Gasteiger partial charge >= 0.3 is 6.18 Å². The van der Waals surface area contributed by atoms with Crippen LogP contribution in [0.15, 0.2) is 59.9 Å². The van der Waals surface area contributed by atoms with Crippen molar-refractivity contribution in [2.45, 2.75) is 44.7 Å². The van der Waals surface area contributed by atoms with Gasteiger partial charge in [0.05, 0.1) is 23.9 Å². The molecule has 184 valence electrons. The number of hydrogen-bond donors (Lipinski definition) is 5. The highest BCUT2D eigenvalue weighted by Gasteiger charge is 2.37. The lowest BCUT2D eigenvalue weighted by Gasteiger charge is -2.42. The molecule has 3 rings (SSSR count). The molecule has 0 bridgehead atoms. The van der Waals surface area contributed by atoms with E-state index in [9.17, 15) is 18.0 Å². The second kappa shape index (κ2) is 9.65. The minimum absolute atomic E-state index is 0.0839. The van der Waals surface area contributed by atoms with E-state index in [0.29, 0.717) is 12.4 Å². The summed E-state index contributed by atoms with van der Waals surface area (Å²) < 4.78 is 38.8. The molecular formula is C24H31F3N6O. The molecule has 0 spiro atoms. The third-order valence-corrected chi connectivity index (χ3v) is 5.68. The zero-order chi connectivity index (χ0) is 25.3. The van der Waals surface area contributed by atoms with Crippen LogP contribution < -0.4 is 27.4 Å². The van der Waals surface area contributed by atoms with Gasteiger partial charge in [0.15, 0.2) is 0 Å². The first-order valence-corrected chi connectivity index (χ1v) is 10.9. The maximum absolute atomic E-state index is 12.9. The molecule has 0 fully saturated rings. The number of nitrogens with one attached hydrogen (secondary N) is 3. The van der Waals surface area contributed by atoms with E-state index in [0.717, 1.165) is 29.1 Å². The number of halogens is 3. The lowest BCUT2D eigenvalue weighted by atomic mass is 9.82. The zero-order valence-corrected chi connectivity index (χ0v) is 19.6. The summed E-state index contributed by atoms with van der Waals surface area (Å²) >= 11 is 0. The lowest BCUT2D eigenvalue weighted by molar-refractivity contribution is -0.137. The van der Waals surface area contributed by atoms with Crippen LogP contribution in [0.1, 0.15) is 42.3 Å². The first-order chi connectivity index (χ1) is 15.8. The van der Waals surface area contributed by atoms with Crippen LogP contribution in [0.2, 0.25) is 0 Å². The summed E-state index contributed by atoms with van der Waals surface area (Å²) in [7, 11) is 1.94. The number of rotatable bonds is 6. The normalized spacial score (nSPS) is 18.6. The van der Waals surface area contributed by atoms with Gasteiger partial charge in [-0.15, -0.1) is 0 Å². The van der Waals surface area contributed by atoms with E-state index in [4.69, 9.17) is 11.5 Å². The molecule has 10 heteroatoms. The quantitative estimate of drug-likeness (QED) is 0.439. The topological polar surface area (TPSA) is 108 Å². The number of amides is 1. The summed E-state index contributed by atoms with van der Waals surface area (Å²) in [5.74, 6) is 0.216. The summed E-state index contributed by atoms with van der Waals surface area (Å²) in [5, 5.41) is 9.28. The van der Waals surface area contributed by atoms with Gasteiger partial charge in [-0.2, -0.15) is 13.2 Å². The average molecular weight is 477 g/mol. The Balaban J connectivity index is 1.85. The fourth-order valence-electron chi connectivity index (χ4n) is 3.90. The highest BCUT2D eigenvalue weighted by Crippen LogP contribution is 2.33. The van der Waals surface area contributed by atoms with Crippen molar-refractivity contribution >= 4 is 11.6 Å². The number of carbonyl (C=O) groups excluding carboxylic acids is 1. The summed E-state index contributed by atoms with van der Waals surface area (Å²) in [5.41, 5.74) is 13.2. The Labute approximate surface area is 197 Å². The van der Waals surface area contributed by atoms with Gasteiger partial charge in [-0.1, -0.05) is 18.2 Å². The van der Waals surface area contributed by atoms with Crippen molar-refractivity contribution in [1.29, 1.82) is 0 Å². The average Bonchev–Trinajstić information content (AvgIpc) is 2.75. The molecule has 0 saturated carbocycles. The molecule has 2 aromatic carbocycles. The molecule has 0 aliphatic carbocycles. The van der Waals surface area contributed by atoms with Crippen molar-refractivity contribution in [1.82, 2.24) is 15.5 Å². The van der Waals surface area contributed by atoms with Gasteiger partial charge in [0.1, 0.15) is 5.82 Å². The molecule has 2 atom stereocenters. The van der Waals surface area contributed by atoms with E-state index in [2.05, 4.69) is 16.0 Å². The van der Waals surface area contributed by atoms with Crippen LogP contribution in [0.3, 0.4) is 0 Å². The van der Waals surface area contributed by atoms with Gasteiger partial charge < -0.3 is 27.0 Å². The van der Waals surface area contributed by atoms with Crippen LogP contribution in [-0.4, -0.2) is 36.7 Å². The van der Waals surface area contributed by atoms with Crippen molar-refractivity contribution in [3.05, 3.63) is 76.6 Å².